The van der Waals surface area contributed by atoms with E-state index in [1.165, 1.54) is 0 Å². The number of rotatable bonds is 3. The quantitative estimate of drug-likeness (QED) is 0.879. The number of alkyl halides is 3. The molecule has 0 amide bonds. The highest BCUT2D eigenvalue weighted by Crippen LogP contribution is 2.21. The summed E-state index contributed by atoms with van der Waals surface area (Å²) in [7, 11) is 0. The zero-order valence-electron chi connectivity index (χ0n) is 8.92. The minimum absolute atomic E-state index is 0. The van der Waals surface area contributed by atoms with E-state index in [-0.39, 0.29) is 18.8 Å². The van der Waals surface area contributed by atoms with Crippen molar-refractivity contribution >= 4 is 12.4 Å². The largest absolute Gasteiger partial charge is 0.403 e. The summed E-state index contributed by atoms with van der Waals surface area (Å²) in [6.07, 6.45) is -3.99. The number of halogens is 4. The predicted octanol–water partition coefficient (Wildman–Crippen LogP) is 3.24. The van der Waals surface area contributed by atoms with E-state index in [2.05, 4.69) is 0 Å². The summed E-state index contributed by atoms with van der Waals surface area (Å²) in [5, 5.41) is 0. The van der Waals surface area contributed by atoms with E-state index in [9.17, 15) is 13.2 Å². The molecule has 0 radical (unpaired) electrons. The number of nitrogens with two attached hydrogens (primary N) is 1. The fourth-order valence-electron chi connectivity index (χ4n) is 1.24. The zero-order chi connectivity index (χ0) is 11.5. The Labute approximate surface area is 99.2 Å². The Bertz CT molecular complexity index is 308. The minimum atomic E-state index is -4.29. The van der Waals surface area contributed by atoms with Crippen LogP contribution in [0.1, 0.15) is 17.5 Å². The Morgan fingerprint density at radius 1 is 1.19 bits per heavy atom. The third-order valence-electron chi connectivity index (χ3n) is 2.29. The molecule has 1 nitrogen and oxygen atoms in total. The molecule has 16 heavy (non-hydrogen) atoms. The first-order valence-corrected chi connectivity index (χ1v) is 4.77. The number of aryl methyl sites for hydroxylation is 2. The van der Waals surface area contributed by atoms with Gasteiger partial charge in [0.25, 0.3) is 0 Å². The molecule has 1 aromatic rings. The topological polar surface area (TPSA) is 26.0 Å². The molecule has 0 aliphatic rings. The molecule has 1 rings (SSSR count). The molecule has 1 aromatic carbocycles. The molecule has 0 aliphatic heterocycles. The first kappa shape index (κ1) is 15.3. The molecule has 0 fully saturated rings. The van der Waals surface area contributed by atoms with Crippen molar-refractivity contribution in [1.82, 2.24) is 0 Å². The fraction of sp³-hybridized carbons (Fsp3) is 0.455. The van der Waals surface area contributed by atoms with Crippen LogP contribution in [-0.4, -0.2) is 12.2 Å². The van der Waals surface area contributed by atoms with Crippen LogP contribution in [0.2, 0.25) is 0 Å². The normalized spacial score (nSPS) is 13.1. The zero-order valence-corrected chi connectivity index (χ0v) is 9.74. The minimum Gasteiger partial charge on any atom is -0.320 e. The Balaban J connectivity index is 0.00000225. The van der Waals surface area contributed by atoms with Crippen LogP contribution in [0.3, 0.4) is 0 Å². The van der Waals surface area contributed by atoms with Crippen molar-refractivity contribution in [3.05, 3.63) is 35.4 Å². The molecule has 0 heterocycles. The summed E-state index contributed by atoms with van der Waals surface area (Å²) in [6.45, 7) is 1.94. The van der Waals surface area contributed by atoms with Crippen molar-refractivity contribution in [2.45, 2.75) is 32.0 Å². The smallest absolute Gasteiger partial charge is 0.320 e. The summed E-state index contributed by atoms with van der Waals surface area (Å²) in [6, 6.07) is 5.71. The molecule has 0 bridgehead atoms. The van der Waals surface area contributed by atoms with E-state index in [4.69, 9.17) is 5.73 Å². The highest BCUT2D eigenvalue weighted by Gasteiger charge is 2.35. The summed E-state index contributed by atoms with van der Waals surface area (Å²) in [4.78, 5) is 0. The summed E-state index contributed by atoms with van der Waals surface area (Å²) >= 11 is 0. The number of hydrogen-bond donors (Lipinski definition) is 1. The van der Waals surface area contributed by atoms with E-state index in [0.717, 1.165) is 11.1 Å². The van der Waals surface area contributed by atoms with Crippen molar-refractivity contribution in [2.24, 2.45) is 5.73 Å². The van der Waals surface area contributed by atoms with Gasteiger partial charge < -0.3 is 5.73 Å². The van der Waals surface area contributed by atoms with Gasteiger partial charge in [-0.3, -0.25) is 0 Å². The van der Waals surface area contributed by atoms with Crippen LogP contribution in [-0.2, 0) is 6.42 Å². The Kier molecular flexibility index (Phi) is 5.83. The van der Waals surface area contributed by atoms with Crippen molar-refractivity contribution < 1.29 is 13.2 Å². The molecule has 92 valence electrons. The lowest BCUT2D eigenvalue weighted by Crippen LogP contribution is -2.37. The van der Waals surface area contributed by atoms with Crippen LogP contribution in [0.5, 0.6) is 0 Å². The SMILES string of the molecule is Cc1ccc(CCC(N)C(F)(F)F)cc1.Cl. The van der Waals surface area contributed by atoms with Crippen LogP contribution in [0.15, 0.2) is 24.3 Å². The van der Waals surface area contributed by atoms with E-state index in [1.54, 1.807) is 0 Å². The summed E-state index contributed by atoms with van der Waals surface area (Å²) < 4.78 is 36.3. The van der Waals surface area contributed by atoms with Gasteiger partial charge in [0.2, 0.25) is 0 Å². The second-order valence-electron chi connectivity index (χ2n) is 3.67. The van der Waals surface area contributed by atoms with Gasteiger partial charge in [-0.1, -0.05) is 29.8 Å². The second-order valence-corrected chi connectivity index (χ2v) is 3.67. The third kappa shape index (κ3) is 4.86. The van der Waals surface area contributed by atoms with Gasteiger partial charge in [-0.25, -0.2) is 0 Å². The Hall–Kier alpha value is -0.740. The first-order valence-electron chi connectivity index (χ1n) is 4.77. The molecule has 0 aliphatic carbocycles. The lowest BCUT2D eigenvalue weighted by atomic mass is 10.0. The van der Waals surface area contributed by atoms with Gasteiger partial charge in [0, 0.05) is 0 Å². The maximum atomic E-state index is 12.1. The molecule has 0 spiro atoms. The number of benzene rings is 1. The highest BCUT2D eigenvalue weighted by molar-refractivity contribution is 5.85. The van der Waals surface area contributed by atoms with Crippen LogP contribution >= 0.6 is 12.4 Å². The second kappa shape index (κ2) is 6.11. The average Bonchev–Trinajstić information content (AvgIpc) is 2.15. The van der Waals surface area contributed by atoms with E-state index < -0.39 is 12.2 Å². The van der Waals surface area contributed by atoms with Gasteiger partial charge in [0.05, 0.1) is 0 Å². The standard InChI is InChI=1S/C11H14F3N.ClH/c1-8-2-4-9(5-3-8)6-7-10(15)11(12,13)14;/h2-5,10H,6-7,15H2,1H3;1H. The predicted molar refractivity (Wildman–Crippen MR) is 60.8 cm³/mol. The molecule has 5 heteroatoms. The summed E-state index contributed by atoms with van der Waals surface area (Å²) in [5.41, 5.74) is 6.99. The van der Waals surface area contributed by atoms with Gasteiger partial charge in [-0.2, -0.15) is 13.2 Å². The lowest BCUT2D eigenvalue weighted by molar-refractivity contribution is -0.148. The van der Waals surface area contributed by atoms with Gasteiger partial charge in [0.15, 0.2) is 0 Å². The monoisotopic (exact) mass is 253 g/mol. The van der Waals surface area contributed by atoms with E-state index in [0.29, 0.717) is 6.42 Å². The maximum absolute atomic E-state index is 12.1. The van der Waals surface area contributed by atoms with E-state index >= 15 is 0 Å². The Morgan fingerprint density at radius 2 is 1.69 bits per heavy atom. The van der Waals surface area contributed by atoms with Crippen molar-refractivity contribution in [2.75, 3.05) is 0 Å². The highest BCUT2D eigenvalue weighted by atomic mass is 35.5. The average molecular weight is 254 g/mol. The molecular weight excluding hydrogens is 239 g/mol. The van der Waals surface area contributed by atoms with E-state index in [1.807, 2.05) is 31.2 Å². The van der Waals surface area contributed by atoms with Crippen molar-refractivity contribution in [1.29, 1.82) is 0 Å². The maximum Gasteiger partial charge on any atom is 0.403 e. The van der Waals surface area contributed by atoms with Crippen LogP contribution < -0.4 is 5.73 Å². The van der Waals surface area contributed by atoms with Crippen LogP contribution in [0.4, 0.5) is 13.2 Å². The molecule has 0 saturated heterocycles. The van der Waals surface area contributed by atoms with Crippen molar-refractivity contribution in [3.63, 3.8) is 0 Å². The molecule has 1 atom stereocenters. The third-order valence-corrected chi connectivity index (χ3v) is 2.29. The first-order chi connectivity index (χ1) is 6.89. The molecule has 2 N–H and O–H groups in total. The van der Waals surface area contributed by atoms with Gasteiger partial charge >= 0.3 is 6.18 Å². The lowest BCUT2D eigenvalue weighted by Gasteiger charge is -2.15. The molecule has 0 aromatic heterocycles. The van der Waals surface area contributed by atoms with Gasteiger partial charge in [0.1, 0.15) is 6.04 Å². The molecular formula is C11H15ClF3N. The Morgan fingerprint density at radius 3 is 2.12 bits per heavy atom. The fourth-order valence-corrected chi connectivity index (χ4v) is 1.24. The number of hydrogen-bond acceptors (Lipinski definition) is 1. The molecule has 1 unspecified atom stereocenters. The van der Waals surface area contributed by atoms with Crippen molar-refractivity contribution in [3.8, 4) is 0 Å². The summed E-state index contributed by atoms with van der Waals surface area (Å²) in [5.74, 6) is 0. The molecule has 0 saturated carbocycles. The van der Waals surface area contributed by atoms with Gasteiger partial charge in [-0.05, 0) is 25.3 Å². The van der Waals surface area contributed by atoms with Gasteiger partial charge in [-0.15, -0.1) is 12.4 Å². The van der Waals surface area contributed by atoms with Crippen LogP contribution in [0, 0.1) is 6.92 Å². The van der Waals surface area contributed by atoms with Crippen LogP contribution in [0.25, 0.3) is 0 Å².